The first kappa shape index (κ1) is 26.0. The first-order chi connectivity index (χ1) is 17.8. The third-order valence-corrected chi connectivity index (χ3v) is 6.34. The lowest BCUT2D eigenvalue weighted by Crippen LogP contribution is -2.42. The summed E-state index contributed by atoms with van der Waals surface area (Å²) in [6.45, 7) is 4.85. The van der Waals surface area contributed by atoms with E-state index in [2.05, 4.69) is 27.2 Å². The quantitative estimate of drug-likeness (QED) is 0.408. The maximum Gasteiger partial charge on any atom is 0.281 e. The second-order valence-corrected chi connectivity index (χ2v) is 8.71. The summed E-state index contributed by atoms with van der Waals surface area (Å²) in [4.78, 5) is 32.2. The normalized spacial score (nSPS) is 13.8. The Labute approximate surface area is 218 Å². The van der Waals surface area contributed by atoms with Gasteiger partial charge in [-0.25, -0.2) is 4.39 Å². The Morgan fingerprint density at radius 3 is 2.65 bits per heavy atom. The summed E-state index contributed by atoms with van der Waals surface area (Å²) < 4.78 is 22.9. The lowest BCUT2D eigenvalue weighted by atomic mass is 10.0. The first-order valence-electron chi connectivity index (χ1n) is 11.6. The molecule has 0 atom stereocenters. The van der Waals surface area contributed by atoms with Crippen molar-refractivity contribution in [2.75, 3.05) is 39.2 Å². The zero-order valence-electron chi connectivity index (χ0n) is 20.5. The fraction of sp³-hybridized carbons (Fsp3) is 0.269. The van der Waals surface area contributed by atoms with E-state index in [1.54, 1.807) is 32.7 Å². The molecule has 1 aromatic carbocycles. The number of anilines is 2. The van der Waals surface area contributed by atoms with Gasteiger partial charge in [0.25, 0.3) is 11.8 Å². The molecule has 2 aliphatic rings. The largest absolute Gasteiger partial charge is 0.494 e. The number of nitrogens with zero attached hydrogens (tertiary/aromatic N) is 2. The van der Waals surface area contributed by atoms with Gasteiger partial charge in [0.2, 0.25) is 0 Å². The molecule has 194 valence electrons. The molecule has 1 fully saturated rings. The number of H-pyrrole nitrogens is 1. The Morgan fingerprint density at radius 2 is 2.03 bits per heavy atom. The minimum atomic E-state index is -0.852. The highest BCUT2D eigenvalue weighted by Crippen LogP contribution is 2.42. The highest BCUT2D eigenvalue weighted by molar-refractivity contribution is 6.32. The Morgan fingerprint density at radius 1 is 1.24 bits per heavy atom. The number of hydrogen-bond acceptors (Lipinski definition) is 6. The molecule has 0 unspecified atom stereocenters. The number of halogens is 2. The Balaban J connectivity index is 0.000000301. The van der Waals surface area contributed by atoms with Crippen LogP contribution in [-0.4, -0.2) is 60.5 Å². The molecule has 2 amide bonds. The average Bonchev–Trinajstić information content (AvgIpc) is 3.22. The van der Waals surface area contributed by atoms with Gasteiger partial charge in [0.15, 0.2) is 11.6 Å². The SMILES string of the molecule is C=C(F)C(=O)N1CCC1.COc1cnccc1-c1[nH]c2c(c1Nc1cccc(Cl)c1OC)C(=O)NCC2. The number of ether oxygens (including phenoxy) is 2. The van der Waals surface area contributed by atoms with E-state index in [0.29, 0.717) is 59.5 Å². The van der Waals surface area contributed by atoms with E-state index in [-0.39, 0.29) is 5.91 Å². The standard InChI is InChI=1S/C20H19ClN4O3.C6H8FNO/c1-27-15-10-22-8-6-11(15)17-18(16-13(24-17)7-9-23-20(16)26)25-14-5-3-4-12(21)19(14)28-2;1-5(7)6(9)8-3-2-4-8/h3-6,8,10,24-25H,7,9H2,1-2H3,(H,23,26);1-4H2. The summed E-state index contributed by atoms with van der Waals surface area (Å²) in [5.41, 5.74) is 4.26. The second-order valence-electron chi connectivity index (χ2n) is 8.31. The lowest BCUT2D eigenvalue weighted by Gasteiger charge is -2.29. The van der Waals surface area contributed by atoms with Crippen LogP contribution in [0.5, 0.6) is 11.5 Å². The monoisotopic (exact) mass is 527 g/mol. The summed E-state index contributed by atoms with van der Waals surface area (Å²) in [7, 11) is 3.14. The van der Waals surface area contributed by atoms with Crippen molar-refractivity contribution in [3.8, 4) is 22.8 Å². The van der Waals surface area contributed by atoms with Crippen LogP contribution >= 0.6 is 11.6 Å². The minimum Gasteiger partial charge on any atom is -0.494 e. The van der Waals surface area contributed by atoms with Crippen LogP contribution in [-0.2, 0) is 11.2 Å². The zero-order chi connectivity index (χ0) is 26.5. The number of aromatic nitrogens is 2. The van der Waals surface area contributed by atoms with Gasteiger partial charge in [-0.05, 0) is 24.6 Å². The summed E-state index contributed by atoms with van der Waals surface area (Å²) >= 11 is 6.27. The van der Waals surface area contributed by atoms with E-state index in [1.807, 2.05) is 18.2 Å². The van der Waals surface area contributed by atoms with Gasteiger partial charge in [-0.3, -0.25) is 14.6 Å². The zero-order valence-corrected chi connectivity index (χ0v) is 21.2. The highest BCUT2D eigenvalue weighted by atomic mass is 35.5. The van der Waals surface area contributed by atoms with Crippen molar-refractivity contribution in [3.05, 3.63) is 65.3 Å². The lowest BCUT2D eigenvalue weighted by molar-refractivity contribution is -0.131. The van der Waals surface area contributed by atoms with Crippen molar-refractivity contribution in [2.24, 2.45) is 0 Å². The van der Waals surface area contributed by atoms with E-state index >= 15 is 0 Å². The number of likely N-dealkylation sites (tertiary alicyclic amines) is 1. The van der Waals surface area contributed by atoms with Crippen molar-refractivity contribution < 1.29 is 23.5 Å². The molecule has 11 heteroatoms. The third-order valence-electron chi connectivity index (χ3n) is 6.05. The number of carbonyl (C=O) groups is 2. The predicted molar refractivity (Wildman–Crippen MR) is 139 cm³/mol. The Bertz CT molecular complexity index is 1340. The molecule has 1 saturated heterocycles. The van der Waals surface area contributed by atoms with Gasteiger partial charge in [-0.2, -0.15) is 0 Å². The maximum atomic E-state index is 12.6. The summed E-state index contributed by atoms with van der Waals surface area (Å²) in [5, 5.41) is 6.72. The number of carbonyl (C=O) groups excluding carboxylic acids is 2. The van der Waals surface area contributed by atoms with Gasteiger partial charge in [0.05, 0.1) is 48.1 Å². The number of amides is 2. The van der Waals surface area contributed by atoms with Gasteiger partial charge < -0.3 is 30.0 Å². The molecule has 9 nitrogen and oxygen atoms in total. The molecule has 2 aliphatic heterocycles. The topological polar surface area (TPSA) is 109 Å². The van der Waals surface area contributed by atoms with E-state index in [9.17, 15) is 14.0 Å². The molecule has 3 N–H and O–H groups in total. The van der Waals surface area contributed by atoms with Crippen LogP contribution < -0.4 is 20.1 Å². The number of fused-ring (bicyclic) bond motifs is 1. The van der Waals surface area contributed by atoms with Crippen LogP contribution in [0.2, 0.25) is 5.02 Å². The molecular formula is C26H27ClFN5O4. The molecule has 0 radical (unpaired) electrons. The molecule has 5 rings (SSSR count). The third kappa shape index (κ3) is 5.39. The molecule has 0 saturated carbocycles. The molecule has 0 spiro atoms. The summed E-state index contributed by atoms with van der Waals surface area (Å²) in [5.74, 6) is -0.443. The highest BCUT2D eigenvalue weighted by Gasteiger charge is 2.28. The van der Waals surface area contributed by atoms with Gasteiger partial charge >= 0.3 is 0 Å². The van der Waals surface area contributed by atoms with Gasteiger partial charge in [-0.1, -0.05) is 24.2 Å². The van der Waals surface area contributed by atoms with Crippen LogP contribution in [0.3, 0.4) is 0 Å². The molecule has 0 aliphatic carbocycles. The number of pyridine rings is 1. The first-order valence-corrected chi connectivity index (χ1v) is 12.0. The van der Waals surface area contributed by atoms with Crippen molar-refractivity contribution in [2.45, 2.75) is 12.8 Å². The second kappa shape index (κ2) is 11.3. The van der Waals surface area contributed by atoms with E-state index in [0.717, 1.165) is 23.4 Å². The molecule has 4 heterocycles. The van der Waals surface area contributed by atoms with Crippen LogP contribution in [0, 0.1) is 0 Å². The van der Waals surface area contributed by atoms with Crippen molar-refractivity contribution >= 4 is 34.8 Å². The average molecular weight is 528 g/mol. The van der Waals surface area contributed by atoms with Gasteiger partial charge in [-0.15, -0.1) is 0 Å². The molecule has 2 aromatic heterocycles. The molecule has 3 aromatic rings. The van der Waals surface area contributed by atoms with Gasteiger partial charge in [0, 0.05) is 43.5 Å². The number of para-hydroxylation sites is 1. The Hall–Kier alpha value is -4.05. The minimum absolute atomic E-state index is 0.139. The molecular weight excluding hydrogens is 501 g/mol. The molecule has 0 bridgehead atoms. The fourth-order valence-electron chi connectivity index (χ4n) is 4.10. The van der Waals surface area contributed by atoms with Crippen LogP contribution in [0.4, 0.5) is 15.8 Å². The number of aromatic amines is 1. The van der Waals surface area contributed by atoms with Crippen LogP contribution in [0.15, 0.2) is 49.1 Å². The summed E-state index contributed by atoms with van der Waals surface area (Å²) in [6.07, 6.45) is 5.01. The fourth-order valence-corrected chi connectivity index (χ4v) is 4.35. The Kier molecular flexibility index (Phi) is 7.98. The number of benzene rings is 1. The van der Waals surface area contributed by atoms with Crippen molar-refractivity contribution in [1.29, 1.82) is 0 Å². The summed E-state index contributed by atoms with van der Waals surface area (Å²) in [6, 6.07) is 7.25. The number of hydrogen-bond donors (Lipinski definition) is 3. The van der Waals surface area contributed by atoms with Gasteiger partial charge in [0.1, 0.15) is 5.75 Å². The van der Waals surface area contributed by atoms with E-state index in [4.69, 9.17) is 21.1 Å². The van der Waals surface area contributed by atoms with Crippen molar-refractivity contribution in [1.82, 2.24) is 20.2 Å². The predicted octanol–water partition coefficient (Wildman–Crippen LogP) is 4.48. The molecule has 37 heavy (non-hydrogen) atoms. The number of rotatable bonds is 6. The van der Waals surface area contributed by atoms with Crippen LogP contribution in [0.25, 0.3) is 11.3 Å². The van der Waals surface area contributed by atoms with E-state index in [1.165, 1.54) is 4.90 Å². The number of nitrogens with one attached hydrogen (secondary N) is 3. The number of methoxy groups -OCH3 is 2. The smallest absolute Gasteiger partial charge is 0.281 e. The van der Waals surface area contributed by atoms with E-state index < -0.39 is 11.7 Å². The van der Waals surface area contributed by atoms with Crippen LogP contribution in [0.1, 0.15) is 22.5 Å². The maximum absolute atomic E-state index is 12.6. The van der Waals surface area contributed by atoms with Crippen molar-refractivity contribution in [3.63, 3.8) is 0 Å².